The highest BCUT2D eigenvalue weighted by Gasteiger charge is 2.20. The van der Waals surface area contributed by atoms with E-state index in [1.807, 2.05) is 7.05 Å². The van der Waals surface area contributed by atoms with Crippen LogP contribution in [0.15, 0.2) is 18.2 Å². The van der Waals surface area contributed by atoms with Gasteiger partial charge in [-0.05, 0) is 38.2 Å². The summed E-state index contributed by atoms with van der Waals surface area (Å²) >= 11 is 0. The lowest BCUT2D eigenvalue weighted by Gasteiger charge is -2.27. The smallest absolute Gasteiger partial charge is 0.254 e. The number of hydrogen-bond acceptors (Lipinski definition) is 5. The largest absolute Gasteiger partial charge is 0.495 e. The Labute approximate surface area is 142 Å². The van der Waals surface area contributed by atoms with Crippen LogP contribution in [-0.2, 0) is 9.53 Å². The number of nitrogens with one attached hydrogen (secondary N) is 2. The Balaban J connectivity index is 2.08. The third kappa shape index (κ3) is 4.94. The lowest BCUT2D eigenvalue weighted by atomic mass is 10.1. The van der Waals surface area contributed by atoms with Crippen molar-refractivity contribution in [2.45, 2.75) is 12.8 Å². The molecule has 1 heterocycles. The van der Waals surface area contributed by atoms with Gasteiger partial charge in [0.05, 0.1) is 26.0 Å². The van der Waals surface area contributed by atoms with E-state index < -0.39 is 0 Å². The Morgan fingerprint density at radius 2 is 2.04 bits per heavy atom. The van der Waals surface area contributed by atoms with Crippen molar-refractivity contribution < 1.29 is 19.1 Å². The Morgan fingerprint density at radius 1 is 1.29 bits per heavy atom. The Bertz CT molecular complexity index is 571. The summed E-state index contributed by atoms with van der Waals surface area (Å²) < 4.78 is 10.5. The summed E-state index contributed by atoms with van der Waals surface area (Å²) in [5.41, 5.74) is 1.05. The fourth-order valence-corrected chi connectivity index (χ4v) is 2.53. The predicted octanol–water partition coefficient (Wildman–Crippen LogP) is 1.11. The van der Waals surface area contributed by atoms with E-state index in [0.29, 0.717) is 49.7 Å². The molecule has 1 aliphatic heterocycles. The number of methoxy groups -OCH3 is 1. The van der Waals surface area contributed by atoms with Gasteiger partial charge in [0.15, 0.2) is 0 Å². The van der Waals surface area contributed by atoms with Gasteiger partial charge in [-0.15, -0.1) is 0 Å². The molecule has 0 spiro atoms. The number of nitrogens with zero attached hydrogens (tertiary/aromatic N) is 1. The van der Waals surface area contributed by atoms with Crippen molar-refractivity contribution in [2.75, 3.05) is 52.3 Å². The molecule has 7 nitrogen and oxygen atoms in total. The molecule has 1 aliphatic rings. The highest BCUT2D eigenvalue weighted by molar-refractivity contribution is 5.98. The molecule has 2 amide bonds. The average molecular weight is 335 g/mol. The average Bonchev–Trinajstić information content (AvgIpc) is 2.62. The van der Waals surface area contributed by atoms with Crippen LogP contribution in [0.2, 0.25) is 0 Å². The number of morpholine rings is 1. The first-order valence-electron chi connectivity index (χ1n) is 8.15. The van der Waals surface area contributed by atoms with Crippen molar-refractivity contribution in [1.29, 1.82) is 0 Å². The molecule has 2 rings (SSSR count). The summed E-state index contributed by atoms with van der Waals surface area (Å²) in [5, 5.41) is 5.84. The van der Waals surface area contributed by atoms with Crippen molar-refractivity contribution in [3.05, 3.63) is 23.8 Å². The van der Waals surface area contributed by atoms with Gasteiger partial charge in [-0.1, -0.05) is 0 Å². The Hall–Kier alpha value is -2.12. The summed E-state index contributed by atoms with van der Waals surface area (Å²) in [7, 11) is 3.39. The minimum absolute atomic E-state index is 0.0633. The van der Waals surface area contributed by atoms with Gasteiger partial charge in [0, 0.05) is 25.1 Å². The van der Waals surface area contributed by atoms with Crippen molar-refractivity contribution in [2.24, 2.45) is 0 Å². The number of amides is 2. The molecule has 0 radical (unpaired) electrons. The summed E-state index contributed by atoms with van der Waals surface area (Å²) in [5.74, 6) is 0.377. The zero-order chi connectivity index (χ0) is 17.4. The van der Waals surface area contributed by atoms with Crippen LogP contribution in [0.3, 0.4) is 0 Å². The van der Waals surface area contributed by atoms with Crippen LogP contribution in [0.1, 0.15) is 23.2 Å². The van der Waals surface area contributed by atoms with Crippen LogP contribution in [0.4, 0.5) is 5.69 Å². The van der Waals surface area contributed by atoms with Crippen LogP contribution < -0.4 is 15.4 Å². The molecule has 1 aromatic carbocycles. The van der Waals surface area contributed by atoms with Crippen LogP contribution in [0.25, 0.3) is 0 Å². The molecular formula is C17H25N3O4. The molecule has 24 heavy (non-hydrogen) atoms. The summed E-state index contributed by atoms with van der Waals surface area (Å²) in [6.07, 6.45) is 1.16. The van der Waals surface area contributed by atoms with E-state index in [2.05, 4.69) is 10.6 Å². The van der Waals surface area contributed by atoms with Gasteiger partial charge >= 0.3 is 0 Å². The van der Waals surface area contributed by atoms with Gasteiger partial charge in [-0.25, -0.2) is 0 Å². The topological polar surface area (TPSA) is 79.9 Å². The third-order valence-electron chi connectivity index (χ3n) is 3.85. The van der Waals surface area contributed by atoms with Crippen molar-refractivity contribution in [1.82, 2.24) is 10.2 Å². The molecule has 0 aromatic heterocycles. The minimum atomic E-state index is -0.0977. The Morgan fingerprint density at radius 3 is 2.71 bits per heavy atom. The molecule has 0 aliphatic carbocycles. The van der Waals surface area contributed by atoms with Gasteiger partial charge in [0.1, 0.15) is 5.75 Å². The van der Waals surface area contributed by atoms with E-state index in [0.717, 1.165) is 13.0 Å². The van der Waals surface area contributed by atoms with Crippen molar-refractivity contribution in [3.8, 4) is 5.75 Å². The maximum atomic E-state index is 12.6. The molecule has 0 saturated carbocycles. The fraction of sp³-hybridized carbons (Fsp3) is 0.529. The molecule has 0 bridgehead atoms. The minimum Gasteiger partial charge on any atom is -0.495 e. The molecule has 1 aromatic rings. The van der Waals surface area contributed by atoms with Gasteiger partial charge in [0.2, 0.25) is 5.91 Å². The molecule has 0 unspecified atom stereocenters. The lowest BCUT2D eigenvalue weighted by Crippen LogP contribution is -2.40. The maximum absolute atomic E-state index is 12.6. The second kappa shape index (κ2) is 9.24. The van der Waals surface area contributed by atoms with E-state index in [1.54, 1.807) is 23.1 Å². The first-order valence-corrected chi connectivity index (χ1v) is 8.15. The fourth-order valence-electron chi connectivity index (χ4n) is 2.53. The highest BCUT2D eigenvalue weighted by atomic mass is 16.5. The number of hydrogen-bond donors (Lipinski definition) is 2. The molecule has 0 atom stereocenters. The van der Waals surface area contributed by atoms with Crippen LogP contribution >= 0.6 is 0 Å². The Kier molecular flexibility index (Phi) is 7.02. The van der Waals surface area contributed by atoms with E-state index in [4.69, 9.17) is 9.47 Å². The molecule has 7 heteroatoms. The number of ether oxygens (including phenoxy) is 2. The monoisotopic (exact) mass is 335 g/mol. The quantitative estimate of drug-likeness (QED) is 0.730. The first kappa shape index (κ1) is 18.2. The SMILES string of the molecule is CNCCCC(=O)Nc1cc(C(=O)N2CCOCC2)ccc1OC. The van der Waals surface area contributed by atoms with E-state index >= 15 is 0 Å². The molecule has 1 fully saturated rings. The summed E-state index contributed by atoms with van der Waals surface area (Å²) in [4.78, 5) is 26.3. The number of anilines is 1. The molecule has 132 valence electrons. The highest BCUT2D eigenvalue weighted by Crippen LogP contribution is 2.26. The van der Waals surface area contributed by atoms with E-state index in [-0.39, 0.29) is 11.8 Å². The standard InChI is InChI=1S/C17H25N3O4/c1-18-7-3-4-16(21)19-14-12-13(5-6-15(14)23-2)17(22)20-8-10-24-11-9-20/h5-6,12,18H,3-4,7-11H2,1-2H3,(H,19,21). The molecule has 1 saturated heterocycles. The second-order valence-electron chi connectivity index (χ2n) is 5.57. The normalized spacial score (nSPS) is 14.3. The van der Waals surface area contributed by atoms with Gasteiger partial charge in [-0.3, -0.25) is 9.59 Å². The first-order chi connectivity index (χ1) is 11.7. The number of benzene rings is 1. The van der Waals surface area contributed by atoms with Gasteiger partial charge < -0.3 is 25.0 Å². The van der Waals surface area contributed by atoms with Crippen LogP contribution in [0.5, 0.6) is 5.75 Å². The zero-order valence-electron chi connectivity index (χ0n) is 14.3. The number of rotatable bonds is 7. The maximum Gasteiger partial charge on any atom is 0.254 e. The lowest BCUT2D eigenvalue weighted by molar-refractivity contribution is -0.116. The number of carbonyl (C=O) groups excluding carboxylic acids is 2. The van der Waals surface area contributed by atoms with Crippen molar-refractivity contribution in [3.63, 3.8) is 0 Å². The van der Waals surface area contributed by atoms with E-state index in [9.17, 15) is 9.59 Å². The predicted molar refractivity (Wildman–Crippen MR) is 91.5 cm³/mol. The van der Waals surface area contributed by atoms with Gasteiger partial charge in [-0.2, -0.15) is 0 Å². The zero-order valence-corrected chi connectivity index (χ0v) is 14.3. The second-order valence-corrected chi connectivity index (χ2v) is 5.57. The van der Waals surface area contributed by atoms with E-state index in [1.165, 1.54) is 7.11 Å². The third-order valence-corrected chi connectivity index (χ3v) is 3.85. The number of carbonyl (C=O) groups is 2. The molecular weight excluding hydrogens is 310 g/mol. The summed E-state index contributed by atoms with van der Waals surface area (Å²) in [6.45, 7) is 3.04. The molecule has 2 N–H and O–H groups in total. The van der Waals surface area contributed by atoms with Crippen LogP contribution in [-0.4, -0.2) is 63.7 Å². The summed E-state index contributed by atoms with van der Waals surface area (Å²) in [6, 6.07) is 5.09. The van der Waals surface area contributed by atoms with Crippen molar-refractivity contribution >= 4 is 17.5 Å². The van der Waals surface area contributed by atoms with Gasteiger partial charge in [0.25, 0.3) is 5.91 Å². The van der Waals surface area contributed by atoms with Crippen LogP contribution in [0, 0.1) is 0 Å².